The summed E-state index contributed by atoms with van der Waals surface area (Å²) in [6, 6.07) is 6.71. The van der Waals surface area contributed by atoms with Gasteiger partial charge in [0.05, 0.1) is 0 Å². The summed E-state index contributed by atoms with van der Waals surface area (Å²) in [5.41, 5.74) is 1.20. The van der Waals surface area contributed by atoms with Crippen LogP contribution in [0.2, 0.25) is 0 Å². The molecule has 1 fully saturated rings. The van der Waals surface area contributed by atoms with Gasteiger partial charge in [-0.2, -0.15) is 0 Å². The average Bonchev–Trinajstić information content (AvgIpc) is 3.27. The van der Waals surface area contributed by atoms with Gasteiger partial charge in [0.25, 0.3) is 5.91 Å². The fourth-order valence-corrected chi connectivity index (χ4v) is 2.00. The van der Waals surface area contributed by atoms with Crippen LogP contribution < -0.4 is 10.1 Å². The van der Waals surface area contributed by atoms with Crippen LogP contribution in [-0.2, 0) is 16.0 Å². The molecule has 2 rings (SSSR count). The van der Waals surface area contributed by atoms with Crippen LogP contribution >= 0.6 is 0 Å². The summed E-state index contributed by atoms with van der Waals surface area (Å²) < 4.78 is 5.34. The van der Waals surface area contributed by atoms with E-state index in [0.717, 1.165) is 19.3 Å². The maximum Gasteiger partial charge on any atom is 0.326 e. The standard InChI is InChI=1S/C15H19NO4/c1-2-10-3-7-12(8-4-10)20-9-13(17)16-14(15(18)19)11-5-6-11/h3-4,7-8,11,14H,2,5-6,9H2,1H3,(H,16,17)(H,18,19). The minimum Gasteiger partial charge on any atom is -0.484 e. The molecule has 0 aromatic heterocycles. The number of aryl methyl sites for hydroxylation is 1. The molecule has 1 aliphatic rings. The zero-order chi connectivity index (χ0) is 14.5. The number of carbonyl (C=O) groups excluding carboxylic acids is 1. The topological polar surface area (TPSA) is 75.6 Å². The zero-order valence-corrected chi connectivity index (χ0v) is 11.5. The van der Waals surface area contributed by atoms with Crippen molar-refractivity contribution in [1.29, 1.82) is 0 Å². The van der Waals surface area contributed by atoms with Gasteiger partial charge in [0.1, 0.15) is 11.8 Å². The molecule has 1 aliphatic carbocycles. The lowest BCUT2D eigenvalue weighted by Crippen LogP contribution is -2.44. The van der Waals surface area contributed by atoms with E-state index < -0.39 is 17.9 Å². The van der Waals surface area contributed by atoms with Gasteiger partial charge in [-0.1, -0.05) is 19.1 Å². The third kappa shape index (κ3) is 3.98. The summed E-state index contributed by atoms with van der Waals surface area (Å²) in [5, 5.41) is 11.5. The molecule has 5 heteroatoms. The Morgan fingerprint density at radius 2 is 2.00 bits per heavy atom. The molecule has 1 aromatic rings. The number of carbonyl (C=O) groups is 2. The van der Waals surface area contributed by atoms with Gasteiger partial charge in [-0.05, 0) is 42.9 Å². The van der Waals surface area contributed by atoms with Crippen molar-refractivity contribution in [2.45, 2.75) is 32.2 Å². The van der Waals surface area contributed by atoms with Crippen LogP contribution in [0.15, 0.2) is 24.3 Å². The van der Waals surface area contributed by atoms with Gasteiger partial charge in [0.15, 0.2) is 6.61 Å². The maximum atomic E-state index is 11.7. The number of carboxylic acids is 1. The van der Waals surface area contributed by atoms with Gasteiger partial charge in [-0.25, -0.2) is 4.79 Å². The molecule has 0 radical (unpaired) electrons. The molecular formula is C15H19NO4. The number of amides is 1. The Hall–Kier alpha value is -2.04. The SMILES string of the molecule is CCc1ccc(OCC(=O)NC(C(=O)O)C2CC2)cc1. The molecule has 0 heterocycles. The Kier molecular flexibility index (Phi) is 4.61. The van der Waals surface area contributed by atoms with E-state index in [9.17, 15) is 9.59 Å². The summed E-state index contributed by atoms with van der Waals surface area (Å²) in [5.74, 6) is -0.701. The van der Waals surface area contributed by atoms with E-state index >= 15 is 0 Å². The number of aliphatic carboxylic acids is 1. The molecular weight excluding hydrogens is 258 g/mol. The number of nitrogens with one attached hydrogen (secondary N) is 1. The number of hydrogen-bond acceptors (Lipinski definition) is 3. The predicted molar refractivity (Wildman–Crippen MR) is 73.6 cm³/mol. The van der Waals surface area contributed by atoms with E-state index in [1.54, 1.807) is 0 Å². The fourth-order valence-electron chi connectivity index (χ4n) is 2.00. The van der Waals surface area contributed by atoms with Crippen LogP contribution in [0.4, 0.5) is 0 Å². The van der Waals surface area contributed by atoms with E-state index in [2.05, 4.69) is 12.2 Å². The van der Waals surface area contributed by atoms with E-state index in [-0.39, 0.29) is 12.5 Å². The molecule has 0 spiro atoms. The normalized spacial score (nSPS) is 15.4. The first-order valence-corrected chi connectivity index (χ1v) is 6.84. The maximum absolute atomic E-state index is 11.7. The monoisotopic (exact) mass is 277 g/mol. The highest BCUT2D eigenvalue weighted by Crippen LogP contribution is 2.32. The molecule has 5 nitrogen and oxygen atoms in total. The Morgan fingerprint density at radius 1 is 1.35 bits per heavy atom. The second kappa shape index (κ2) is 6.41. The molecule has 108 valence electrons. The molecule has 1 unspecified atom stereocenters. The van der Waals surface area contributed by atoms with Crippen LogP contribution in [0.25, 0.3) is 0 Å². The van der Waals surface area contributed by atoms with Gasteiger partial charge in [-0.3, -0.25) is 4.79 Å². The lowest BCUT2D eigenvalue weighted by atomic mass is 10.2. The van der Waals surface area contributed by atoms with E-state index in [4.69, 9.17) is 9.84 Å². The second-order valence-electron chi connectivity index (χ2n) is 5.01. The summed E-state index contributed by atoms with van der Waals surface area (Å²) >= 11 is 0. The van der Waals surface area contributed by atoms with Gasteiger partial charge in [0, 0.05) is 0 Å². The van der Waals surface area contributed by atoms with Gasteiger partial charge < -0.3 is 15.2 Å². The van der Waals surface area contributed by atoms with Crippen LogP contribution in [0.3, 0.4) is 0 Å². The molecule has 0 bridgehead atoms. The minimum absolute atomic E-state index is 0.0697. The van der Waals surface area contributed by atoms with Gasteiger partial charge in [-0.15, -0.1) is 0 Å². The lowest BCUT2D eigenvalue weighted by Gasteiger charge is -2.14. The van der Waals surface area contributed by atoms with Crippen molar-refractivity contribution in [1.82, 2.24) is 5.32 Å². The van der Waals surface area contributed by atoms with E-state index in [1.807, 2.05) is 24.3 Å². The third-order valence-corrected chi connectivity index (χ3v) is 3.38. The average molecular weight is 277 g/mol. The highest BCUT2D eigenvalue weighted by molar-refractivity contribution is 5.84. The highest BCUT2D eigenvalue weighted by atomic mass is 16.5. The Bertz CT molecular complexity index is 479. The Balaban J connectivity index is 1.80. The molecule has 1 amide bonds. The van der Waals surface area contributed by atoms with Crippen LogP contribution in [-0.4, -0.2) is 29.6 Å². The van der Waals surface area contributed by atoms with Crippen molar-refractivity contribution in [2.75, 3.05) is 6.61 Å². The smallest absolute Gasteiger partial charge is 0.326 e. The van der Waals surface area contributed by atoms with Gasteiger partial charge >= 0.3 is 5.97 Å². The van der Waals surface area contributed by atoms with E-state index in [1.165, 1.54) is 5.56 Å². The van der Waals surface area contributed by atoms with Crippen molar-refractivity contribution in [3.63, 3.8) is 0 Å². The molecule has 1 aromatic carbocycles. The quantitative estimate of drug-likeness (QED) is 0.794. The molecule has 2 N–H and O–H groups in total. The van der Waals surface area contributed by atoms with Crippen LogP contribution in [0.5, 0.6) is 5.75 Å². The molecule has 1 saturated carbocycles. The number of carboxylic acid groups (broad SMARTS) is 1. The summed E-state index contributed by atoms with van der Waals surface area (Å²) in [4.78, 5) is 22.7. The highest BCUT2D eigenvalue weighted by Gasteiger charge is 2.37. The number of benzene rings is 1. The molecule has 1 atom stereocenters. The lowest BCUT2D eigenvalue weighted by molar-refractivity contribution is -0.142. The van der Waals surface area contributed by atoms with Crippen molar-refractivity contribution < 1.29 is 19.4 Å². The number of hydrogen-bond donors (Lipinski definition) is 2. The summed E-state index contributed by atoms with van der Waals surface area (Å²) in [7, 11) is 0. The first-order chi connectivity index (χ1) is 9.60. The van der Waals surface area contributed by atoms with Gasteiger partial charge in [0.2, 0.25) is 0 Å². The zero-order valence-electron chi connectivity index (χ0n) is 11.5. The third-order valence-electron chi connectivity index (χ3n) is 3.38. The van der Waals surface area contributed by atoms with Crippen molar-refractivity contribution in [3.8, 4) is 5.75 Å². The predicted octanol–water partition coefficient (Wildman–Crippen LogP) is 1.61. The minimum atomic E-state index is -0.979. The van der Waals surface area contributed by atoms with Crippen LogP contribution in [0, 0.1) is 5.92 Å². The van der Waals surface area contributed by atoms with Crippen molar-refractivity contribution >= 4 is 11.9 Å². The number of ether oxygens (including phenoxy) is 1. The number of rotatable bonds is 7. The second-order valence-corrected chi connectivity index (χ2v) is 5.01. The summed E-state index contributed by atoms with van der Waals surface area (Å²) in [6.07, 6.45) is 2.66. The molecule has 0 aliphatic heterocycles. The summed E-state index contributed by atoms with van der Waals surface area (Å²) in [6.45, 7) is 1.90. The molecule has 0 saturated heterocycles. The Labute approximate surface area is 117 Å². The van der Waals surface area contributed by atoms with E-state index in [0.29, 0.717) is 5.75 Å². The van der Waals surface area contributed by atoms with Crippen molar-refractivity contribution in [3.05, 3.63) is 29.8 Å². The first-order valence-electron chi connectivity index (χ1n) is 6.84. The Morgan fingerprint density at radius 3 is 2.50 bits per heavy atom. The largest absolute Gasteiger partial charge is 0.484 e. The fraction of sp³-hybridized carbons (Fsp3) is 0.467. The van der Waals surface area contributed by atoms with Crippen molar-refractivity contribution in [2.24, 2.45) is 5.92 Å². The first kappa shape index (κ1) is 14.4. The van der Waals surface area contributed by atoms with Crippen LogP contribution in [0.1, 0.15) is 25.3 Å². The molecule has 20 heavy (non-hydrogen) atoms.